The Kier molecular flexibility index (Phi) is 7.09. The van der Waals surface area contributed by atoms with Crippen molar-refractivity contribution >= 4 is 21.7 Å². The van der Waals surface area contributed by atoms with Gasteiger partial charge in [0.25, 0.3) is 5.91 Å². The number of carbonyl (C=O) groups excluding carboxylic acids is 2. The van der Waals surface area contributed by atoms with E-state index in [-0.39, 0.29) is 66.9 Å². The first-order valence-corrected chi connectivity index (χ1v) is 15.2. The summed E-state index contributed by atoms with van der Waals surface area (Å²) in [5.74, 6) is -0.404. The van der Waals surface area contributed by atoms with E-state index < -0.39 is 28.0 Å². The molecule has 0 aromatic carbocycles. The average molecular weight is 585 g/mol. The molecule has 6 rings (SSSR count). The second-order valence-corrected chi connectivity index (χ2v) is 12.8. The number of alkyl halides is 1. The van der Waals surface area contributed by atoms with Gasteiger partial charge in [-0.25, -0.2) is 17.8 Å². The highest BCUT2D eigenvalue weighted by atomic mass is 32.2. The van der Waals surface area contributed by atoms with Gasteiger partial charge in [-0.3, -0.25) is 19.3 Å². The molecular formula is C27H29FN6O6S. The monoisotopic (exact) mass is 584 g/mol. The van der Waals surface area contributed by atoms with Crippen molar-refractivity contribution in [1.82, 2.24) is 24.6 Å². The van der Waals surface area contributed by atoms with Gasteiger partial charge in [-0.1, -0.05) is 0 Å². The van der Waals surface area contributed by atoms with Gasteiger partial charge in [0, 0.05) is 42.2 Å². The number of ether oxygens (including phenoxy) is 2. The third-order valence-corrected chi connectivity index (χ3v) is 9.16. The Balaban J connectivity index is 1.07. The van der Waals surface area contributed by atoms with Gasteiger partial charge in [0.2, 0.25) is 11.8 Å². The number of likely N-dealkylation sites (tertiary alicyclic amines) is 1. The molecule has 0 unspecified atom stereocenters. The molecule has 12 nitrogen and oxygen atoms in total. The third kappa shape index (κ3) is 6.16. The number of aromatic nitrogens is 4. The Morgan fingerprint density at radius 1 is 1.05 bits per heavy atom. The molecule has 1 aliphatic carbocycles. The highest BCUT2D eigenvalue weighted by molar-refractivity contribution is 7.92. The molecule has 2 amide bonds. The molecule has 14 heteroatoms. The van der Waals surface area contributed by atoms with Crippen LogP contribution in [0.2, 0.25) is 0 Å². The molecule has 0 radical (unpaired) electrons. The molecule has 2 atom stereocenters. The standard InChI is InChI=1S/C27H29FN6O6S/c28-23-13-33(25(35)8-18-1-2-21(11-30-18)39-20-3-4-20)6-5-24(23)40-27-22(26(29)36)7-16(9-31-27)17-10-32-34(12-17)19-14-41(37,38)15-19/h1-2,7,9-12,19-20,23-24H,3-6,8,13-15H2,(H2,29,36)/t23-,24+/m0/s1. The average Bonchev–Trinajstić information content (AvgIpc) is 3.61. The summed E-state index contributed by atoms with van der Waals surface area (Å²) < 4.78 is 51.2. The quantitative estimate of drug-likeness (QED) is 0.393. The van der Waals surface area contributed by atoms with Crippen LogP contribution in [0.1, 0.15) is 41.4 Å². The molecule has 1 saturated carbocycles. The van der Waals surface area contributed by atoms with E-state index in [2.05, 4.69) is 15.1 Å². The van der Waals surface area contributed by atoms with E-state index in [1.807, 2.05) is 0 Å². The van der Waals surface area contributed by atoms with E-state index in [9.17, 15) is 18.0 Å². The number of nitrogens with zero attached hydrogens (tertiary/aromatic N) is 5. The number of amides is 2. The van der Waals surface area contributed by atoms with Gasteiger partial charge in [-0.05, 0) is 31.0 Å². The van der Waals surface area contributed by atoms with Crippen LogP contribution in [0.25, 0.3) is 11.1 Å². The van der Waals surface area contributed by atoms with Crippen LogP contribution in [-0.4, -0.2) is 87.9 Å². The van der Waals surface area contributed by atoms with Crippen LogP contribution < -0.4 is 15.2 Å². The van der Waals surface area contributed by atoms with Crippen LogP contribution >= 0.6 is 0 Å². The smallest absolute Gasteiger partial charge is 0.254 e. The molecule has 3 aliphatic rings. The van der Waals surface area contributed by atoms with Crippen molar-refractivity contribution in [2.24, 2.45) is 5.73 Å². The zero-order valence-corrected chi connectivity index (χ0v) is 22.9. The summed E-state index contributed by atoms with van der Waals surface area (Å²) >= 11 is 0. The van der Waals surface area contributed by atoms with Crippen LogP contribution in [0, 0.1) is 0 Å². The van der Waals surface area contributed by atoms with E-state index >= 15 is 4.39 Å². The van der Waals surface area contributed by atoms with Crippen molar-refractivity contribution in [2.45, 2.75) is 50.1 Å². The molecule has 216 valence electrons. The second-order valence-electron chi connectivity index (χ2n) is 10.7. The lowest BCUT2D eigenvalue weighted by Gasteiger charge is -2.34. The largest absolute Gasteiger partial charge is 0.489 e. The summed E-state index contributed by atoms with van der Waals surface area (Å²) in [7, 11) is -3.01. The first kappa shape index (κ1) is 27.1. The summed E-state index contributed by atoms with van der Waals surface area (Å²) in [6, 6.07) is 4.78. The SMILES string of the molecule is NC(=O)c1cc(-c2cnn(C3CS(=O)(=O)C3)c2)cnc1O[C@@H]1CCN(C(=O)Cc2ccc(OC3CC3)cn2)C[C@@H]1F. The number of hydrogen-bond donors (Lipinski definition) is 1. The van der Waals surface area contributed by atoms with Crippen molar-refractivity contribution < 1.29 is 31.9 Å². The molecule has 3 aromatic rings. The molecule has 2 saturated heterocycles. The van der Waals surface area contributed by atoms with Gasteiger partial charge in [-0.15, -0.1) is 0 Å². The van der Waals surface area contributed by atoms with Gasteiger partial charge < -0.3 is 20.1 Å². The fourth-order valence-corrected chi connectivity index (χ4v) is 6.25. The van der Waals surface area contributed by atoms with Crippen molar-refractivity contribution in [2.75, 3.05) is 24.6 Å². The van der Waals surface area contributed by atoms with Gasteiger partial charge in [-0.2, -0.15) is 5.10 Å². The molecule has 3 aromatic heterocycles. The molecule has 3 fully saturated rings. The number of rotatable bonds is 9. The molecule has 2 N–H and O–H groups in total. The Labute approximate surface area is 235 Å². The maximum atomic E-state index is 15.2. The highest BCUT2D eigenvalue weighted by Crippen LogP contribution is 2.30. The van der Waals surface area contributed by atoms with Crippen LogP contribution in [0.15, 0.2) is 43.0 Å². The van der Waals surface area contributed by atoms with Crippen molar-refractivity contribution in [3.05, 3.63) is 54.2 Å². The maximum Gasteiger partial charge on any atom is 0.254 e. The predicted molar refractivity (Wildman–Crippen MR) is 144 cm³/mol. The van der Waals surface area contributed by atoms with E-state index in [0.717, 1.165) is 12.8 Å². The molecule has 0 spiro atoms. The first-order valence-electron chi connectivity index (χ1n) is 13.4. The topological polar surface area (TPSA) is 160 Å². The second kappa shape index (κ2) is 10.7. The molecule has 0 bridgehead atoms. The van der Waals surface area contributed by atoms with E-state index in [1.165, 1.54) is 17.2 Å². The van der Waals surface area contributed by atoms with Gasteiger partial charge in [0.05, 0.1) is 49.0 Å². The number of hydrogen-bond acceptors (Lipinski definition) is 9. The Morgan fingerprint density at radius 2 is 1.85 bits per heavy atom. The third-order valence-electron chi connectivity index (χ3n) is 7.37. The van der Waals surface area contributed by atoms with Gasteiger partial charge >= 0.3 is 0 Å². The zero-order valence-electron chi connectivity index (χ0n) is 22.1. The zero-order chi connectivity index (χ0) is 28.7. The molecule has 5 heterocycles. The van der Waals surface area contributed by atoms with Crippen molar-refractivity contribution in [3.8, 4) is 22.8 Å². The minimum Gasteiger partial charge on any atom is -0.489 e. The summed E-state index contributed by atoms with van der Waals surface area (Å²) in [4.78, 5) is 35.0. The lowest BCUT2D eigenvalue weighted by Crippen LogP contribution is -2.49. The molecular weight excluding hydrogens is 555 g/mol. The summed E-state index contributed by atoms with van der Waals surface area (Å²) in [5, 5.41) is 4.23. The van der Waals surface area contributed by atoms with E-state index in [1.54, 1.807) is 35.4 Å². The van der Waals surface area contributed by atoms with Crippen molar-refractivity contribution in [1.29, 1.82) is 0 Å². The number of halogens is 1. The highest BCUT2D eigenvalue weighted by Gasteiger charge is 2.36. The first-order chi connectivity index (χ1) is 19.6. The van der Waals surface area contributed by atoms with Crippen LogP contribution in [0.5, 0.6) is 11.6 Å². The van der Waals surface area contributed by atoms with Gasteiger partial charge in [0.15, 0.2) is 16.0 Å². The van der Waals surface area contributed by atoms with Crippen molar-refractivity contribution in [3.63, 3.8) is 0 Å². The Morgan fingerprint density at radius 3 is 2.51 bits per heavy atom. The lowest BCUT2D eigenvalue weighted by atomic mass is 10.0. The fourth-order valence-electron chi connectivity index (χ4n) is 4.87. The summed E-state index contributed by atoms with van der Waals surface area (Å²) in [6.45, 7) is 0.110. The lowest BCUT2D eigenvalue weighted by molar-refractivity contribution is -0.134. The number of primary amides is 1. The molecule has 2 aliphatic heterocycles. The van der Waals surface area contributed by atoms with E-state index in [4.69, 9.17) is 15.2 Å². The number of pyridine rings is 2. The fraction of sp³-hybridized carbons (Fsp3) is 0.444. The number of carbonyl (C=O) groups is 2. The Bertz CT molecular complexity index is 1560. The number of nitrogens with two attached hydrogens (primary N) is 1. The number of piperidine rings is 1. The minimum atomic E-state index is -3.01. The summed E-state index contributed by atoms with van der Waals surface area (Å²) in [5.41, 5.74) is 7.27. The van der Waals surface area contributed by atoms with Gasteiger partial charge in [0.1, 0.15) is 17.4 Å². The number of sulfone groups is 1. The maximum absolute atomic E-state index is 15.2. The predicted octanol–water partition coefficient (Wildman–Crippen LogP) is 1.51. The minimum absolute atomic E-state index is 0.0210. The molecule has 41 heavy (non-hydrogen) atoms. The van der Waals surface area contributed by atoms with Crippen LogP contribution in [-0.2, 0) is 21.1 Å². The van der Waals surface area contributed by atoms with E-state index in [0.29, 0.717) is 22.6 Å². The van der Waals surface area contributed by atoms with Crippen LogP contribution in [0.4, 0.5) is 4.39 Å². The summed E-state index contributed by atoms with van der Waals surface area (Å²) in [6.07, 6.45) is 6.44. The normalized spacial score (nSPS) is 22.1. The van der Waals surface area contributed by atoms with Crippen LogP contribution in [0.3, 0.4) is 0 Å². The Hall–Kier alpha value is -4.07.